The van der Waals surface area contributed by atoms with Crippen molar-refractivity contribution in [1.29, 1.82) is 0 Å². The first-order valence-electron chi connectivity index (χ1n) is 5.36. The minimum Gasteiger partial charge on any atom is -0.448 e. The Morgan fingerprint density at radius 1 is 1.26 bits per heavy atom. The van der Waals surface area contributed by atoms with E-state index in [9.17, 15) is 4.79 Å². The van der Waals surface area contributed by atoms with Crippen LogP contribution in [0.5, 0.6) is 0 Å². The molecule has 6 nitrogen and oxygen atoms in total. The summed E-state index contributed by atoms with van der Waals surface area (Å²) in [7, 11) is 0. The van der Waals surface area contributed by atoms with Gasteiger partial charge in [-0.1, -0.05) is 0 Å². The zero-order chi connectivity index (χ0) is 13.2. The maximum absolute atomic E-state index is 11.1. The van der Waals surface area contributed by atoms with Crippen LogP contribution in [0.3, 0.4) is 0 Å². The lowest BCUT2D eigenvalue weighted by atomic mass is 10.2. The van der Waals surface area contributed by atoms with Crippen LogP contribution in [0.2, 0.25) is 0 Å². The van der Waals surface area contributed by atoms with Crippen LogP contribution < -0.4 is 0 Å². The lowest BCUT2D eigenvalue weighted by Gasteiger charge is -1.96. The molecule has 0 fully saturated rings. The maximum Gasteiger partial charge on any atom is 0.250 e. The highest BCUT2D eigenvalue weighted by molar-refractivity contribution is 9.10. The van der Waals surface area contributed by atoms with Gasteiger partial charge in [0.25, 0.3) is 0 Å². The molecular weight excluding hydrogens is 312 g/mol. The van der Waals surface area contributed by atoms with Gasteiger partial charge >= 0.3 is 0 Å². The highest BCUT2D eigenvalue weighted by atomic mass is 79.9. The highest BCUT2D eigenvalue weighted by Crippen LogP contribution is 2.26. The predicted molar refractivity (Wildman–Crippen MR) is 69.9 cm³/mol. The third-order valence-corrected chi connectivity index (χ3v) is 2.86. The van der Waals surface area contributed by atoms with Crippen molar-refractivity contribution >= 4 is 22.2 Å². The molecule has 3 aromatic rings. The van der Waals surface area contributed by atoms with Crippen LogP contribution in [0.1, 0.15) is 10.4 Å². The van der Waals surface area contributed by atoms with Crippen molar-refractivity contribution in [2.45, 2.75) is 0 Å². The van der Waals surface area contributed by atoms with Crippen molar-refractivity contribution in [1.82, 2.24) is 19.7 Å². The first-order chi connectivity index (χ1) is 9.28. The summed E-state index contributed by atoms with van der Waals surface area (Å²) in [5.74, 6) is 0.895. The quantitative estimate of drug-likeness (QED) is 0.694. The number of halogens is 1. The Balaban J connectivity index is 2.11. The lowest BCUT2D eigenvalue weighted by Crippen LogP contribution is -2.00. The number of rotatable bonds is 3. The molecule has 19 heavy (non-hydrogen) atoms. The average Bonchev–Trinajstić information content (AvgIpc) is 3.05. The Bertz CT molecular complexity index is 720. The molecule has 0 aliphatic carbocycles. The third kappa shape index (κ3) is 2.19. The van der Waals surface area contributed by atoms with Crippen LogP contribution in [-0.2, 0) is 0 Å². The summed E-state index contributed by atoms with van der Waals surface area (Å²) in [5, 5.41) is 4.28. The Morgan fingerprint density at radius 2 is 2.05 bits per heavy atom. The van der Waals surface area contributed by atoms with Crippen LogP contribution in [0.15, 0.2) is 45.9 Å². The van der Waals surface area contributed by atoms with Gasteiger partial charge in [-0.3, -0.25) is 4.79 Å². The summed E-state index contributed by atoms with van der Waals surface area (Å²) in [5.41, 5.74) is 0.863. The molecule has 0 aliphatic rings. The van der Waals surface area contributed by atoms with E-state index < -0.39 is 0 Å². The fourth-order valence-corrected chi connectivity index (χ4v) is 1.93. The SMILES string of the molecule is O=Cc1cn(-c2ncccn2)nc1-c1ccc(Br)o1. The normalized spacial score (nSPS) is 10.6. The molecule has 0 N–H and O–H groups in total. The van der Waals surface area contributed by atoms with Crippen LogP contribution in [0.4, 0.5) is 0 Å². The highest BCUT2D eigenvalue weighted by Gasteiger charge is 2.15. The first-order valence-corrected chi connectivity index (χ1v) is 6.15. The molecule has 3 heterocycles. The van der Waals surface area contributed by atoms with Gasteiger partial charge in [-0.05, 0) is 34.1 Å². The van der Waals surface area contributed by atoms with Gasteiger partial charge in [-0.25, -0.2) is 14.6 Å². The molecule has 94 valence electrons. The molecule has 3 aromatic heterocycles. The van der Waals surface area contributed by atoms with E-state index >= 15 is 0 Å². The van der Waals surface area contributed by atoms with Crippen LogP contribution in [0, 0.1) is 0 Å². The van der Waals surface area contributed by atoms with Crippen molar-refractivity contribution in [3.8, 4) is 17.4 Å². The van der Waals surface area contributed by atoms with Crippen LogP contribution in [-0.4, -0.2) is 26.0 Å². The molecular formula is C12H7BrN4O2. The molecule has 0 unspecified atom stereocenters. The average molecular weight is 319 g/mol. The molecule has 7 heteroatoms. The minimum absolute atomic E-state index is 0.391. The zero-order valence-electron chi connectivity index (χ0n) is 9.52. The maximum atomic E-state index is 11.1. The van der Waals surface area contributed by atoms with E-state index in [1.54, 1.807) is 36.8 Å². The molecule has 0 aliphatic heterocycles. The fraction of sp³-hybridized carbons (Fsp3) is 0. The minimum atomic E-state index is 0.391. The van der Waals surface area contributed by atoms with Crippen molar-refractivity contribution in [2.24, 2.45) is 0 Å². The van der Waals surface area contributed by atoms with E-state index in [1.165, 1.54) is 4.68 Å². The topological polar surface area (TPSA) is 73.8 Å². The summed E-state index contributed by atoms with van der Waals surface area (Å²) < 4.78 is 7.42. The molecule has 3 rings (SSSR count). The molecule has 0 bridgehead atoms. The second-order valence-electron chi connectivity index (χ2n) is 3.65. The van der Waals surface area contributed by atoms with Crippen molar-refractivity contribution in [2.75, 3.05) is 0 Å². The summed E-state index contributed by atoms with van der Waals surface area (Å²) >= 11 is 3.21. The lowest BCUT2D eigenvalue weighted by molar-refractivity contribution is 0.112. The van der Waals surface area contributed by atoms with E-state index in [0.29, 0.717) is 27.6 Å². The smallest absolute Gasteiger partial charge is 0.250 e. The number of aromatic nitrogens is 4. The molecule has 0 radical (unpaired) electrons. The van der Waals surface area contributed by atoms with E-state index in [0.717, 1.165) is 6.29 Å². The largest absolute Gasteiger partial charge is 0.448 e. The fourth-order valence-electron chi connectivity index (χ4n) is 1.62. The summed E-state index contributed by atoms with van der Waals surface area (Å²) in [6.45, 7) is 0. The Labute approximate surface area is 116 Å². The number of carbonyl (C=O) groups excluding carboxylic acids is 1. The second kappa shape index (κ2) is 4.77. The molecule has 0 saturated heterocycles. The Hall–Kier alpha value is -2.28. The number of carbonyl (C=O) groups is 1. The van der Waals surface area contributed by atoms with Gasteiger partial charge in [0.15, 0.2) is 16.7 Å². The Morgan fingerprint density at radius 3 is 2.68 bits per heavy atom. The Kier molecular flexibility index (Phi) is 2.96. The van der Waals surface area contributed by atoms with E-state index in [1.807, 2.05) is 0 Å². The second-order valence-corrected chi connectivity index (χ2v) is 4.43. The summed E-state index contributed by atoms with van der Waals surface area (Å²) in [6.07, 6.45) is 5.49. The van der Waals surface area contributed by atoms with E-state index in [-0.39, 0.29) is 0 Å². The van der Waals surface area contributed by atoms with Crippen molar-refractivity contribution in [3.05, 3.63) is 47.0 Å². The van der Waals surface area contributed by atoms with E-state index in [4.69, 9.17) is 4.42 Å². The monoisotopic (exact) mass is 318 g/mol. The van der Waals surface area contributed by atoms with E-state index in [2.05, 4.69) is 31.0 Å². The van der Waals surface area contributed by atoms with Crippen LogP contribution >= 0.6 is 15.9 Å². The predicted octanol–water partition coefficient (Wildman–Crippen LogP) is 2.50. The van der Waals surface area contributed by atoms with Gasteiger partial charge in [0.2, 0.25) is 5.95 Å². The number of hydrogen-bond donors (Lipinski definition) is 0. The number of furan rings is 1. The number of hydrogen-bond acceptors (Lipinski definition) is 5. The standard InChI is InChI=1S/C12H7BrN4O2/c13-10-3-2-9(19-10)11-8(7-18)6-17(16-11)12-14-4-1-5-15-12/h1-7H. The molecule has 0 saturated carbocycles. The van der Waals surface area contributed by atoms with Gasteiger partial charge in [-0.15, -0.1) is 0 Å². The molecule has 0 aromatic carbocycles. The molecule has 0 spiro atoms. The summed E-state index contributed by atoms with van der Waals surface area (Å²) in [6, 6.07) is 5.18. The number of nitrogens with zero attached hydrogens (tertiary/aromatic N) is 4. The van der Waals surface area contributed by atoms with Gasteiger partial charge in [0.05, 0.1) is 5.56 Å². The van der Waals surface area contributed by atoms with Gasteiger partial charge in [0.1, 0.15) is 5.69 Å². The van der Waals surface area contributed by atoms with Gasteiger partial charge < -0.3 is 4.42 Å². The number of aldehydes is 1. The third-order valence-electron chi connectivity index (χ3n) is 2.43. The van der Waals surface area contributed by atoms with Gasteiger partial charge in [0, 0.05) is 18.6 Å². The zero-order valence-corrected chi connectivity index (χ0v) is 11.1. The van der Waals surface area contributed by atoms with Gasteiger partial charge in [-0.2, -0.15) is 5.10 Å². The van der Waals surface area contributed by atoms with Crippen molar-refractivity contribution < 1.29 is 9.21 Å². The van der Waals surface area contributed by atoms with Crippen molar-refractivity contribution in [3.63, 3.8) is 0 Å². The van der Waals surface area contributed by atoms with Crippen LogP contribution in [0.25, 0.3) is 17.4 Å². The first kappa shape index (κ1) is 11.8. The molecule has 0 atom stereocenters. The summed E-state index contributed by atoms with van der Waals surface area (Å²) in [4.78, 5) is 19.2. The molecule has 0 amide bonds.